The minimum Gasteiger partial charge on any atom is -0.493 e. The molecule has 0 spiro atoms. The first kappa shape index (κ1) is 17.8. The molecular weight excluding hydrogens is 332 g/mol. The van der Waals surface area contributed by atoms with Crippen LogP contribution < -0.4 is 19.7 Å². The fourth-order valence-electron chi connectivity index (χ4n) is 3.22. The van der Waals surface area contributed by atoms with Crippen LogP contribution in [0, 0.1) is 0 Å². The van der Waals surface area contributed by atoms with Crippen LogP contribution in [-0.4, -0.2) is 32.1 Å². The van der Waals surface area contributed by atoms with Crippen LogP contribution in [0.4, 0.5) is 11.4 Å². The summed E-state index contributed by atoms with van der Waals surface area (Å²) < 4.78 is 10.5. The number of fused-ring (bicyclic) bond motifs is 1. The standard InChI is InChI=1S/C20H22N2O4/c1-13-10-19(23)21-15-6-4-5-7-16(15)22(13)20(24)12-14-8-9-17(25-2)18(11-14)26-3/h4-9,11,13H,10,12H2,1-3H3,(H,21,23)/t13-/m0/s1. The highest BCUT2D eigenvalue weighted by molar-refractivity contribution is 6.04. The molecular formula is C20H22N2O4. The highest BCUT2D eigenvalue weighted by Gasteiger charge is 2.29. The lowest BCUT2D eigenvalue weighted by Crippen LogP contribution is -2.40. The molecule has 1 aliphatic heterocycles. The number of para-hydroxylation sites is 2. The van der Waals surface area contributed by atoms with Crippen LogP contribution in [0.25, 0.3) is 0 Å². The van der Waals surface area contributed by atoms with Gasteiger partial charge in [0.1, 0.15) is 0 Å². The van der Waals surface area contributed by atoms with Crippen molar-refractivity contribution in [3.05, 3.63) is 48.0 Å². The molecule has 0 radical (unpaired) electrons. The molecule has 1 aliphatic rings. The minimum absolute atomic E-state index is 0.0753. The van der Waals surface area contributed by atoms with Crippen molar-refractivity contribution in [3.8, 4) is 11.5 Å². The highest BCUT2D eigenvalue weighted by Crippen LogP contribution is 2.32. The summed E-state index contributed by atoms with van der Waals surface area (Å²) in [5, 5.41) is 2.87. The number of methoxy groups -OCH3 is 2. The zero-order chi connectivity index (χ0) is 18.7. The predicted octanol–water partition coefficient (Wildman–Crippen LogP) is 3.01. The van der Waals surface area contributed by atoms with Gasteiger partial charge < -0.3 is 19.7 Å². The normalized spacial score (nSPS) is 16.3. The molecule has 0 aliphatic carbocycles. The van der Waals surface area contributed by atoms with Crippen LogP contribution in [0.1, 0.15) is 18.9 Å². The molecule has 1 heterocycles. The number of hydrogen-bond donors (Lipinski definition) is 1. The van der Waals surface area contributed by atoms with Gasteiger partial charge in [0.2, 0.25) is 11.8 Å². The van der Waals surface area contributed by atoms with Gasteiger partial charge in [-0.05, 0) is 36.8 Å². The fraction of sp³-hybridized carbons (Fsp3) is 0.300. The lowest BCUT2D eigenvalue weighted by molar-refractivity contribution is -0.118. The number of amides is 2. The largest absolute Gasteiger partial charge is 0.493 e. The van der Waals surface area contributed by atoms with E-state index in [0.717, 1.165) is 11.3 Å². The Balaban J connectivity index is 1.90. The van der Waals surface area contributed by atoms with Gasteiger partial charge >= 0.3 is 0 Å². The molecule has 2 amide bonds. The summed E-state index contributed by atoms with van der Waals surface area (Å²) in [7, 11) is 3.14. The Labute approximate surface area is 152 Å². The topological polar surface area (TPSA) is 67.9 Å². The van der Waals surface area contributed by atoms with Gasteiger partial charge in [-0.1, -0.05) is 18.2 Å². The molecule has 2 aromatic carbocycles. The monoisotopic (exact) mass is 354 g/mol. The van der Waals surface area contributed by atoms with Crippen molar-refractivity contribution in [2.45, 2.75) is 25.8 Å². The van der Waals surface area contributed by atoms with E-state index in [-0.39, 0.29) is 30.7 Å². The van der Waals surface area contributed by atoms with Crippen molar-refractivity contribution in [1.82, 2.24) is 0 Å². The van der Waals surface area contributed by atoms with E-state index in [1.807, 2.05) is 37.3 Å². The van der Waals surface area contributed by atoms with Crippen molar-refractivity contribution in [1.29, 1.82) is 0 Å². The summed E-state index contributed by atoms with van der Waals surface area (Å²) in [6, 6.07) is 12.6. The average molecular weight is 354 g/mol. The van der Waals surface area contributed by atoms with E-state index in [1.54, 1.807) is 31.3 Å². The third-order valence-corrected chi connectivity index (χ3v) is 4.43. The Hall–Kier alpha value is -3.02. The molecule has 0 unspecified atom stereocenters. The summed E-state index contributed by atoms with van der Waals surface area (Å²) in [6.45, 7) is 1.88. The van der Waals surface area contributed by atoms with Gasteiger partial charge in [-0.3, -0.25) is 9.59 Å². The minimum atomic E-state index is -0.230. The smallest absolute Gasteiger partial charge is 0.231 e. The second-order valence-electron chi connectivity index (χ2n) is 6.25. The van der Waals surface area contributed by atoms with Crippen molar-refractivity contribution < 1.29 is 19.1 Å². The first-order valence-electron chi connectivity index (χ1n) is 8.45. The molecule has 1 N–H and O–H groups in total. The Morgan fingerprint density at radius 1 is 1.15 bits per heavy atom. The molecule has 136 valence electrons. The van der Waals surface area contributed by atoms with Crippen molar-refractivity contribution >= 4 is 23.2 Å². The zero-order valence-electron chi connectivity index (χ0n) is 15.1. The number of rotatable bonds is 4. The third-order valence-electron chi connectivity index (χ3n) is 4.43. The van der Waals surface area contributed by atoms with Gasteiger partial charge in [0, 0.05) is 12.5 Å². The highest BCUT2D eigenvalue weighted by atomic mass is 16.5. The Morgan fingerprint density at radius 2 is 1.88 bits per heavy atom. The van der Waals surface area contributed by atoms with E-state index in [1.165, 1.54) is 0 Å². The van der Waals surface area contributed by atoms with E-state index in [0.29, 0.717) is 17.2 Å². The van der Waals surface area contributed by atoms with E-state index in [2.05, 4.69) is 5.32 Å². The molecule has 26 heavy (non-hydrogen) atoms. The zero-order valence-corrected chi connectivity index (χ0v) is 15.1. The molecule has 6 heteroatoms. The molecule has 0 saturated heterocycles. The van der Waals surface area contributed by atoms with Crippen LogP contribution >= 0.6 is 0 Å². The summed E-state index contributed by atoms with van der Waals surface area (Å²) >= 11 is 0. The molecule has 3 rings (SSSR count). The molecule has 0 saturated carbocycles. The average Bonchev–Trinajstić information content (AvgIpc) is 2.75. The van der Waals surface area contributed by atoms with E-state index in [4.69, 9.17) is 9.47 Å². The van der Waals surface area contributed by atoms with Crippen molar-refractivity contribution in [2.24, 2.45) is 0 Å². The lowest BCUT2D eigenvalue weighted by Gasteiger charge is -2.28. The number of ether oxygens (including phenoxy) is 2. The number of anilines is 2. The molecule has 1 atom stereocenters. The Morgan fingerprint density at radius 3 is 2.62 bits per heavy atom. The Kier molecular flexibility index (Phi) is 5.11. The van der Waals surface area contributed by atoms with Crippen LogP contribution in [0.15, 0.2) is 42.5 Å². The van der Waals surface area contributed by atoms with Crippen molar-refractivity contribution in [3.63, 3.8) is 0 Å². The van der Waals surface area contributed by atoms with Gasteiger partial charge in [0.05, 0.1) is 32.0 Å². The molecule has 2 aromatic rings. The molecule has 0 aromatic heterocycles. The van der Waals surface area contributed by atoms with Gasteiger partial charge in [-0.15, -0.1) is 0 Å². The van der Waals surface area contributed by atoms with Crippen LogP contribution in [0.3, 0.4) is 0 Å². The maximum Gasteiger partial charge on any atom is 0.231 e. The first-order chi connectivity index (χ1) is 12.5. The fourth-order valence-corrected chi connectivity index (χ4v) is 3.22. The SMILES string of the molecule is COc1ccc(CC(=O)N2c3ccccc3NC(=O)C[C@@H]2C)cc1OC. The van der Waals surface area contributed by atoms with Crippen molar-refractivity contribution in [2.75, 3.05) is 24.4 Å². The van der Waals surface area contributed by atoms with Crippen LogP contribution in [-0.2, 0) is 16.0 Å². The van der Waals surface area contributed by atoms with Gasteiger partial charge in [-0.25, -0.2) is 0 Å². The van der Waals surface area contributed by atoms with E-state index in [9.17, 15) is 9.59 Å². The quantitative estimate of drug-likeness (QED) is 0.916. The summed E-state index contributed by atoms with van der Waals surface area (Å²) in [6.07, 6.45) is 0.458. The van der Waals surface area contributed by atoms with Crippen LogP contribution in [0.5, 0.6) is 11.5 Å². The maximum atomic E-state index is 13.1. The number of nitrogens with zero attached hydrogens (tertiary/aromatic N) is 1. The second kappa shape index (κ2) is 7.47. The lowest BCUT2D eigenvalue weighted by atomic mass is 10.1. The van der Waals surface area contributed by atoms with Gasteiger partial charge in [-0.2, -0.15) is 0 Å². The van der Waals surface area contributed by atoms with Gasteiger partial charge in [0.25, 0.3) is 0 Å². The van der Waals surface area contributed by atoms with E-state index >= 15 is 0 Å². The number of carbonyl (C=O) groups excluding carboxylic acids is 2. The maximum absolute atomic E-state index is 13.1. The molecule has 0 bridgehead atoms. The summed E-state index contributed by atoms with van der Waals surface area (Å²) in [5.74, 6) is 1.03. The third kappa shape index (κ3) is 3.49. The second-order valence-corrected chi connectivity index (χ2v) is 6.25. The first-order valence-corrected chi connectivity index (χ1v) is 8.45. The number of carbonyl (C=O) groups is 2. The predicted molar refractivity (Wildman–Crippen MR) is 99.9 cm³/mol. The summed E-state index contributed by atoms with van der Waals surface area (Å²) in [5.41, 5.74) is 2.19. The molecule has 0 fully saturated rings. The van der Waals surface area contributed by atoms with E-state index < -0.39 is 0 Å². The number of hydrogen-bond acceptors (Lipinski definition) is 4. The molecule has 6 nitrogen and oxygen atoms in total. The number of benzene rings is 2. The number of nitrogens with one attached hydrogen (secondary N) is 1. The Bertz CT molecular complexity index is 834. The van der Waals surface area contributed by atoms with Gasteiger partial charge in [0.15, 0.2) is 11.5 Å². The van der Waals surface area contributed by atoms with Crippen LogP contribution in [0.2, 0.25) is 0 Å². The summed E-state index contributed by atoms with van der Waals surface area (Å²) in [4.78, 5) is 26.8.